The molecule has 1 aliphatic carbocycles. The van der Waals surface area contributed by atoms with Crippen molar-refractivity contribution in [2.24, 2.45) is 5.41 Å². The molecule has 2 heterocycles. The predicted molar refractivity (Wildman–Crippen MR) is 102 cm³/mol. The van der Waals surface area contributed by atoms with Crippen molar-refractivity contribution in [3.63, 3.8) is 0 Å². The third-order valence-corrected chi connectivity index (χ3v) is 5.96. The van der Waals surface area contributed by atoms with Crippen molar-refractivity contribution < 1.29 is 9.84 Å². The van der Waals surface area contributed by atoms with E-state index in [0.29, 0.717) is 6.61 Å². The maximum absolute atomic E-state index is 10.1. The molecule has 0 atom stereocenters. The highest BCUT2D eigenvalue weighted by Crippen LogP contribution is 2.37. The summed E-state index contributed by atoms with van der Waals surface area (Å²) >= 11 is 0. The van der Waals surface area contributed by atoms with E-state index in [0.717, 1.165) is 56.8 Å². The number of nitrogens with zero attached hydrogens (tertiary/aromatic N) is 3. The number of aryl methyl sites for hydroxylation is 1. The van der Waals surface area contributed by atoms with E-state index in [4.69, 9.17) is 4.74 Å². The first-order chi connectivity index (χ1) is 12.8. The zero-order valence-corrected chi connectivity index (χ0v) is 15.2. The third kappa shape index (κ3) is 3.54. The Morgan fingerprint density at radius 1 is 1.08 bits per heavy atom. The number of para-hydroxylation sites is 1. The summed E-state index contributed by atoms with van der Waals surface area (Å²) in [5.41, 5.74) is 2.53. The Morgan fingerprint density at radius 3 is 2.65 bits per heavy atom. The SMILES string of the molecule is OCC1(CCOc2ccccc2)CCN(c2ncnc3c2CCC3)CC1. The van der Waals surface area contributed by atoms with Gasteiger partial charge in [-0.05, 0) is 50.7 Å². The molecule has 1 aromatic heterocycles. The molecule has 0 amide bonds. The van der Waals surface area contributed by atoms with Gasteiger partial charge in [-0.1, -0.05) is 18.2 Å². The molecule has 1 saturated heterocycles. The van der Waals surface area contributed by atoms with Gasteiger partial charge < -0.3 is 14.7 Å². The molecule has 2 aromatic rings. The van der Waals surface area contributed by atoms with Crippen LogP contribution in [0.15, 0.2) is 36.7 Å². The van der Waals surface area contributed by atoms with Crippen LogP contribution in [-0.2, 0) is 12.8 Å². The first kappa shape index (κ1) is 17.3. The lowest BCUT2D eigenvalue weighted by Crippen LogP contribution is -2.43. The maximum Gasteiger partial charge on any atom is 0.135 e. The Labute approximate surface area is 155 Å². The maximum atomic E-state index is 10.1. The van der Waals surface area contributed by atoms with Gasteiger partial charge >= 0.3 is 0 Å². The summed E-state index contributed by atoms with van der Waals surface area (Å²) in [4.78, 5) is 11.4. The summed E-state index contributed by atoms with van der Waals surface area (Å²) in [5, 5.41) is 10.1. The molecule has 4 rings (SSSR count). The minimum atomic E-state index is -0.0402. The van der Waals surface area contributed by atoms with Crippen molar-refractivity contribution in [3.05, 3.63) is 47.9 Å². The average molecular weight is 353 g/mol. The molecule has 5 heteroatoms. The summed E-state index contributed by atoms with van der Waals surface area (Å²) in [7, 11) is 0. The molecule has 1 aliphatic heterocycles. The summed E-state index contributed by atoms with van der Waals surface area (Å²) < 4.78 is 5.86. The molecule has 138 valence electrons. The standard InChI is InChI=1S/C21H27N3O2/c25-15-21(11-14-26-17-5-2-1-3-6-17)9-12-24(13-10-21)20-18-7-4-8-19(18)22-16-23-20/h1-3,5-6,16,25H,4,7-15H2. The number of aliphatic hydroxyl groups is 1. The monoisotopic (exact) mass is 353 g/mol. The fraction of sp³-hybridized carbons (Fsp3) is 0.524. The molecule has 0 unspecified atom stereocenters. The Hall–Kier alpha value is -2.14. The van der Waals surface area contributed by atoms with Gasteiger partial charge in [0.1, 0.15) is 17.9 Å². The lowest BCUT2D eigenvalue weighted by Gasteiger charge is -2.41. The quantitative estimate of drug-likeness (QED) is 0.865. The van der Waals surface area contributed by atoms with Crippen LogP contribution in [0.25, 0.3) is 0 Å². The first-order valence-electron chi connectivity index (χ1n) is 9.66. The number of piperidine rings is 1. The topological polar surface area (TPSA) is 58.5 Å². The normalized spacial score (nSPS) is 18.6. The Morgan fingerprint density at radius 2 is 1.88 bits per heavy atom. The van der Waals surface area contributed by atoms with Gasteiger partial charge in [-0.15, -0.1) is 0 Å². The van der Waals surface area contributed by atoms with E-state index in [2.05, 4.69) is 14.9 Å². The molecule has 26 heavy (non-hydrogen) atoms. The molecule has 1 fully saturated rings. The number of hydrogen-bond donors (Lipinski definition) is 1. The van der Waals surface area contributed by atoms with Gasteiger partial charge in [-0.2, -0.15) is 0 Å². The fourth-order valence-electron chi connectivity index (χ4n) is 4.20. The molecule has 0 spiro atoms. The molecular weight excluding hydrogens is 326 g/mol. The van der Waals surface area contributed by atoms with Crippen molar-refractivity contribution in [2.45, 2.75) is 38.5 Å². The number of anilines is 1. The van der Waals surface area contributed by atoms with Crippen LogP contribution in [0.3, 0.4) is 0 Å². The van der Waals surface area contributed by atoms with E-state index in [9.17, 15) is 5.11 Å². The molecule has 0 saturated carbocycles. The minimum Gasteiger partial charge on any atom is -0.494 e. The molecular formula is C21H27N3O2. The van der Waals surface area contributed by atoms with Crippen molar-refractivity contribution in [3.8, 4) is 5.75 Å². The van der Waals surface area contributed by atoms with Gasteiger partial charge in [-0.25, -0.2) is 9.97 Å². The molecule has 0 radical (unpaired) electrons. The highest BCUT2D eigenvalue weighted by Gasteiger charge is 2.35. The molecule has 1 N–H and O–H groups in total. The zero-order valence-electron chi connectivity index (χ0n) is 15.2. The van der Waals surface area contributed by atoms with Crippen LogP contribution in [0.2, 0.25) is 0 Å². The van der Waals surface area contributed by atoms with Gasteiger partial charge in [0.05, 0.1) is 6.61 Å². The largest absolute Gasteiger partial charge is 0.494 e. The Bertz CT molecular complexity index is 727. The number of aliphatic hydroxyl groups excluding tert-OH is 1. The third-order valence-electron chi connectivity index (χ3n) is 5.96. The molecule has 0 bridgehead atoms. The smallest absolute Gasteiger partial charge is 0.135 e. The summed E-state index contributed by atoms with van der Waals surface area (Å²) in [6.45, 7) is 2.75. The lowest BCUT2D eigenvalue weighted by atomic mass is 9.76. The highest BCUT2D eigenvalue weighted by molar-refractivity contribution is 5.50. The van der Waals surface area contributed by atoms with Crippen molar-refractivity contribution >= 4 is 5.82 Å². The average Bonchev–Trinajstić information content (AvgIpc) is 3.18. The van der Waals surface area contributed by atoms with E-state index in [1.807, 2.05) is 30.3 Å². The second-order valence-corrected chi connectivity index (χ2v) is 7.53. The summed E-state index contributed by atoms with van der Waals surface area (Å²) in [5.74, 6) is 2.02. The van der Waals surface area contributed by atoms with Crippen molar-refractivity contribution in [1.29, 1.82) is 0 Å². The van der Waals surface area contributed by atoms with Gasteiger partial charge in [0.25, 0.3) is 0 Å². The van der Waals surface area contributed by atoms with Gasteiger partial charge in [0.2, 0.25) is 0 Å². The van der Waals surface area contributed by atoms with E-state index in [1.54, 1.807) is 6.33 Å². The van der Waals surface area contributed by atoms with E-state index in [-0.39, 0.29) is 12.0 Å². The number of rotatable bonds is 6. The second-order valence-electron chi connectivity index (χ2n) is 7.53. The number of aromatic nitrogens is 2. The van der Waals surface area contributed by atoms with Crippen LogP contribution < -0.4 is 9.64 Å². The first-order valence-corrected chi connectivity index (χ1v) is 9.66. The van der Waals surface area contributed by atoms with Crippen molar-refractivity contribution in [2.75, 3.05) is 31.2 Å². The van der Waals surface area contributed by atoms with Gasteiger partial charge in [-0.3, -0.25) is 0 Å². The fourth-order valence-corrected chi connectivity index (χ4v) is 4.20. The number of fused-ring (bicyclic) bond motifs is 1. The number of ether oxygens (including phenoxy) is 1. The summed E-state index contributed by atoms with van der Waals surface area (Å²) in [6, 6.07) is 9.90. The second kappa shape index (κ2) is 7.62. The van der Waals surface area contributed by atoms with Gasteiger partial charge in [0.15, 0.2) is 0 Å². The molecule has 1 aromatic carbocycles. The Kier molecular flexibility index (Phi) is 5.07. The van der Waals surface area contributed by atoms with Crippen molar-refractivity contribution in [1.82, 2.24) is 9.97 Å². The summed E-state index contributed by atoms with van der Waals surface area (Å²) in [6.07, 6.45) is 7.90. The van der Waals surface area contributed by atoms with Crippen LogP contribution in [0.1, 0.15) is 36.9 Å². The van der Waals surface area contributed by atoms with Crippen LogP contribution >= 0.6 is 0 Å². The van der Waals surface area contributed by atoms with Crippen LogP contribution in [-0.4, -0.2) is 41.4 Å². The molecule has 5 nitrogen and oxygen atoms in total. The minimum absolute atomic E-state index is 0.0402. The van der Waals surface area contributed by atoms with Crippen LogP contribution in [0, 0.1) is 5.41 Å². The highest BCUT2D eigenvalue weighted by atomic mass is 16.5. The molecule has 2 aliphatic rings. The van der Waals surface area contributed by atoms with E-state index < -0.39 is 0 Å². The van der Waals surface area contributed by atoms with Gasteiger partial charge in [0, 0.05) is 36.4 Å². The van der Waals surface area contributed by atoms with Crippen LogP contribution in [0.4, 0.5) is 5.82 Å². The Balaban J connectivity index is 1.36. The van der Waals surface area contributed by atoms with E-state index in [1.165, 1.54) is 17.7 Å². The van der Waals surface area contributed by atoms with E-state index >= 15 is 0 Å². The van der Waals surface area contributed by atoms with Crippen LogP contribution in [0.5, 0.6) is 5.75 Å². The lowest BCUT2D eigenvalue weighted by molar-refractivity contribution is 0.0707. The predicted octanol–water partition coefficient (Wildman–Crippen LogP) is 3.01. The number of hydrogen-bond acceptors (Lipinski definition) is 5. The zero-order chi connectivity index (χ0) is 17.8. The number of benzene rings is 1.